The van der Waals surface area contributed by atoms with Gasteiger partial charge in [0.2, 0.25) is 10.1 Å². The molecule has 3 heterocycles. The molecule has 1 N–H and O–H groups in total. The molecule has 0 radical (unpaired) electrons. The van der Waals surface area contributed by atoms with Gasteiger partial charge in [0, 0.05) is 17.3 Å². The molecule has 1 unspecified atom stereocenters. The van der Waals surface area contributed by atoms with Gasteiger partial charge in [-0.2, -0.15) is 4.52 Å². The molecule has 4 aromatic rings. The van der Waals surface area contributed by atoms with Crippen LogP contribution in [0.25, 0.3) is 15.5 Å². The molecule has 0 aliphatic heterocycles. The van der Waals surface area contributed by atoms with Crippen molar-refractivity contribution in [2.24, 2.45) is 0 Å². The summed E-state index contributed by atoms with van der Waals surface area (Å²) >= 11 is 3.04. The summed E-state index contributed by atoms with van der Waals surface area (Å²) in [5.41, 5.74) is 2.71. The van der Waals surface area contributed by atoms with Crippen LogP contribution in [0.1, 0.15) is 42.6 Å². The third kappa shape index (κ3) is 4.08. The van der Waals surface area contributed by atoms with Crippen LogP contribution in [-0.2, 0) is 6.42 Å². The Morgan fingerprint density at radius 1 is 1.20 bits per heavy atom. The van der Waals surface area contributed by atoms with E-state index >= 15 is 0 Å². The standard InChI is InChI=1S/C21H23N5O2S2/c1-5-6-15-11-17(27)26-21(24-15)30-20(25-26)23-13(3)18-12(2)22-19(29-18)14-7-9-16(28-4)10-8-14/h7-11,13H,5-6H2,1-4H3,(H,23,25). The summed E-state index contributed by atoms with van der Waals surface area (Å²) in [6, 6.07) is 9.47. The number of rotatable bonds is 7. The van der Waals surface area contributed by atoms with Gasteiger partial charge in [-0.25, -0.2) is 9.97 Å². The Kier molecular flexibility index (Phi) is 5.83. The fraction of sp³-hybridized carbons (Fsp3) is 0.333. The van der Waals surface area contributed by atoms with Gasteiger partial charge >= 0.3 is 0 Å². The minimum atomic E-state index is -0.142. The highest BCUT2D eigenvalue weighted by Crippen LogP contribution is 2.34. The van der Waals surface area contributed by atoms with Gasteiger partial charge in [0.05, 0.1) is 23.7 Å². The van der Waals surface area contributed by atoms with E-state index in [9.17, 15) is 4.79 Å². The first-order valence-corrected chi connectivity index (χ1v) is 11.4. The maximum atomic E-state index is 12.3. The van der Waals surface area contributed by atoms with E-state index in [-0.39, 0.29) is 11.6 Å². The molecule has 0 spiro atoms. The number of benzene rings is 1. The molecule has 1 atom stereocenters. The molecule has 0 amide bonds. The monoisotopic (exact) mass is 441 g/mol. The van der Waals surface area contributed by atoms with E-state index in [0.717, 1.165) is 45.4 Å². The van der Waals surface area contributed by atoms with Crippen molar-refractivity contribution in [2.45, 2.75) is 39.7 Å². The van der Waals surface area contributed by atoms with Gasteiger partial charge in [0.25, 0.3) is 5.56 Å². The van der Waals surface area contributed by atoms with Gasteiger partial charge in [-0.3, -0.25) is 4.79 Å². The Morgan fingerprint density at radius 3 is 2.67 bits per heavy atom. The minimum Gasteiger partial charge on any atom is -0.497 e. The zero-order valence-electron chi connectivity index (χ0n) is 17.3. The van der Waals surface area contributed by atoms with Crippen molar-refractivity contribution >= 4 is 32.8 Å². The van der Waals surface area contributed by atoms with Crippen LogP contribution in [0, 0.1) is 6.92 Å². The number of ether oxygens (including phenoxy) is 1. The number of hydrogen-bond donors (Lipinski definition) is 1. The number of hydrogen-bond acceptors (Lipinski definition) is 8. The predicted octanol–water partition coefficient (Wildman–Crippen LogP) is 4.72. The highest BCUT2D eigenvalue weighted by Gasteiger charge is 2.18. The van der Waals surface area contributed by atoms with Gasteiger partial charge in [0.1, 0.15) is 10.8 Å². The Bertz CT molecular complexity index is 1230. The topological polar surface area (TPSA) is 81.4 Å². The summed E-state index contributed by atoms with van der Waals surface area (Å²) in [5, 5.41) is 9.45. The molecule has 7 nitrogen and oxygen atoms in total. The van der Waals surface area contributed by atoms with E-state index in [1.165, 1.54) is 15.9 Å². The van der Waals surface area contributed by atoms with E-state index in [1.807, 2.05) is 31.2 Å². The van der Waals surface area contributed by atoms with Gasteiger partial charge in [-0.05, 0) is 44.5 Å². The highest BCUT2D eigenvalue weighted by atomic mass is 32.1. The highest BCUT2D eigenvalue weighted by molar-refractivity contribution is 7.20. The van der Waals surface area contributed by atoms with Crippen molar-refractivity contribution in [2.75, 3.05) is 12.4 Å². The number of aromatic nitrogens is 4. The smallest absolute Gasteiger partial charge is 0.275 e. The molecule has 1 aromatic carbocycles. The Balaban J connectivity index is 1.57. The number of aryl methyl sites for hydroxylation is 2. The summed E-state index contributed by atoms with van der Waals surface area (Å²) < 4.78 is 6.59. The lowest BCUT2D eigenvalue weighted by Gasteiger charge is -2.10. The van der Waals surface area contributed by atoms with Crippen LogP contribution >= 0.6 is 22.7 Å². The molecular formula is C21H23N5O2S2. The molecule has 0 saturated heterocycles. The molecular weight excluding hydrogens is 418 g/mol. The Morgan fingerprint density at radius 2 is 1.97 bits per heavy atom. The van der Waals surface area contributed by atoms with E-state index in [2.05, 4.69) is 29.2 Å². The number of anilines is 1. The second-order valence-electron chi connectivity index (χ2n) is 7.00. The number of fused-ring (bicyclic) bond motifs is 1. The van der Waals surface area contributed by atoms with Crippen LogP contribution < -0.4 is 15.6 Å². The van der Waals surface area contributed by atoms with E-state index < -0.39 is 0 Å². The van der Waals surface area contributed by atoms with Crippen molar-refractivity contribution in [1.29, 1.82) is 0 Å². The maximum absolute atomic E-state index is 12.3. The van der Waals surface area contributed by atoms with Crippen LogP contribution in [0.4, 0.5) is 5.13 Å². The number of thiazole rings is 1. The summed E-state index contributed by atoms with van der Waals surface area (Å²) in [7, 11) is 1.66. The van der Waals surface area contributed by atoms with Gasteiger partial charge in [-0.15, -0.1) is 16.4 Å². The Labute approximate surface area is 182 Å². The van der Waals surface area contributed by atoms with Crippen LogP contribution in [0.5, 0.6) is 5.75 Å². The average molecular weight is 442 g/mol. The first-order valence-electron chi connectivity index (χ1n) is 9.76. The molecule has 4 rings (SSSR count). The Hall–Kier alpha value is -2.78. The maximum Gasteiger partial charge on any atom is 0.275 e. The molecule has 0 saturated carbocycles. The number of nitrogens with zero attached hydrogens (tertiary/aromatic N) is 4. The predicted molar refractivity (Wildman–Crippen MR) is 122 cm³/mol. The summed E-state index contributed by atoms with van der Waals surface area (Å²) in [6.45, 7) is 6.16. The summed E-state index contributed by atoms with van der Waals surface area (Å²) in [6.07, 6.45) is 1.74. The minimum absolute atomic E-state index is 0.000810. The third-order valence-electron chi connectivity index (χ3n) is 4.71. The molecule has 30 heavy (non-hydrogen) atoms. The normalized spacial score (nSPS) is 12.3. The van der Waals surface area contributed by atoms with E-state index in [4.69, 9.17) is 9.72 Å². The van der Waals surface area contributed by atoms with Crippen LogP contribution in [0.3, 0.4) is 0 Å². The molecule has 0 aliphatic rings. The number of nitrogens with one attached hydrogen (secondary N) is 1. The van der Waals surface area contributed by atoms with Crippen molar-refractivity contribution in [3.8, 4) is 16.3 Å². The number of methoxy groups -OCH3 is 1. The van der Waals surface area contributed by atoms with E-state index in [0.29, 0.717) is 10.1 Å². The van der Waals surface area contributed by atoms with Crippen LogP contribution in [0.2, 0.25) is 0 Å². The lowest BCUT2D eigenvalue weighted by Crippen LogP contribution is -2.15. The van der Waals surface area contributed by atoms with Crippen LogP contribution in [-0.4, -0.2) is 26.7 Å². The fourth-order valence-corrected chi connectivity index (χ4v) is 5.20. The van der Waals surface area contributed by atoms with E-state index in [1.54, 1.807) is 24.5 Å². The first kappa shape index (κ1) is 20.5. The molecule has 156 valence electrons. The zero-order valence-corrected chi connectivity index (χ0v) is 18.9. The molecule has 3 aromatic heterocycles. The lowest BCUT2D eigenvalue weighted by molar-refractivity contribution is 0.415. The van der Waals surface area contributed by atoms with Crippen molar-refractivity contribution in [3.63, 3.8) is 0 Å². The fourth-order valence-electron chi connectivity index (χ4n) is 3.22. The van der Waals surface area contributed by atoms with Crippen LogP contribution in [0.15, 0.2) is 35.1 Å². The second kappa shape index (κ2) is 8.53. The van der Waals surface area contributed by atoms with Gasteiger partial charge in [-0.1, -0.05) is 24.7 Å². The van der Waals surface area contributed by atoms with Crippen molar-refractivity contribution in [3.05, 3.63) is 57.0 Å². The quantitative estimate of drug-likeness (QED) is 0.447. The largest absolute Gasteiger partial charge is 0.497 e. The van der Waals surface area contributed by atoms with Gasteiger partial charge < -0.3 is 10.1 Å². The SMILES string of the molecule is CCCc1cc(=O)n2nc(NC(C)c3sc(-c4ccc(OC)cc4)nc3C)sc2n1. The molecule has 0 fully saturated rings. The van der Waals surface area contributed by atoms with Crippen molar-refractivity contribution in [1.82, 2.24) is 19.6 Å². The van der Waals surface area contributed by atoms with Crippen molar-refractivity contribution < 1.29 is 4.74 Å². The molecule has 0 aliphatic carbocycles. The zero-order chi connectivity index (χ0) is 21.3. The van der Waals surface area contributed by atoms with Gasteiger partial charge in [0.15, 0.2) is 0 Å². The third-order valence-corrected chi connectivity index (χ3v) is 6.94. The summed E-state index contributed by atoms with van der Waals surface area (Å²) in [4.78, 5) is 23.4. The average Bonchev–Trinajstić information content (AvgIpc) is 3.32. The second-order valence-corrected chi connectivity index (χ2v) is 8.99. The summed E-state index contributed by atoms with van der Waals surface area (Å²) in [5.74, 6) is 0.823. The molecule has 9 heteroatoms. The first-order chi connectivity index (χ1) is 14.5. The lowest BCUT2D eigenvalue weighted by atomic mass is 10.2. The molecule has 0 bridgehead atoms.